The Balaban J connectivity index is 1.78. The van der Waals surface area contributed by atoms with Gasteiger partial charge in [0.2, 0.25) is 11.8 Å². The highest BCUT2D eigenvalue weighted by molar-refractivity contribution is 6.31. The molecule has 0 saturated carbocycles. The minimum atomic E-state index is -0.682. The first-order valence-electron chi connectivity index (χ1n) is 10.8. The Hall–Kier alpha value is -2.83. The van der Waals surface area contributed by atoms with Crippen LogP contribution in [0.2, 0.25) is 5.02 Å². The number of nitrogens with one attached hydrogen (secondary N) is 3. The molecule has 0 fully saturated rings. The monoisotopic (exact) mass is 454 g/mol. The smallest absolute Gasteiger partial charge is 0.242 e. The van der Waals surface area contributed by atoms with Crippen molar-refractivity contribution in [3.8, 4) is 0 Å². The van der Waals surface area contributed by atoms with Gasteiger partial charge in [-0.2, -0.15) is 0 Å². The zero-order valence-electron chi connectivity index (χ0n) is 19.0. The Labute approximate surface area is 194 Å². The number of carbonyl (C=O) groups excluding carboxylic acids is 2. The first-order valence-corrected chi connectivity index (χ1v) is 11.2. The van der Waals surface area contributed by atoms with Gasteiger partial charge in [0.25, 0.3) is 0 Å². The number of fused-ring (bicyclic) bond motifs is 1. The Kier molecular flexibility index (Phi) is 7.94. The van der Waals surface area contributed by atoms with Crippen LogP contribution in [0.3, 0.4) is 0 Å². The van der Waals surface area contributed by atoms with E-state index >= 15 is 0 Å². The Bertz CT molecular complexity index is 1080. The third-order valence-electron chi connectivity index (χ3n) is 5.61. The molecule has 2 aromatic carbocycles. The van der Waals surface area contributed by atoms with Crippen LogP contribution in [0.15, 0.2) is 54.7 Å². The molecule has 2 amide bonds. The maximum absolute atomic E-state index is 13.2. The molecule has 0 aliphatic rings. The lowest BCUT2D eigenvalue weighted by Crippen LogP contribution is -2.50. The number of halogens is 1. The number of hydrogen-bond acceptors (Lipinski definition) is 3. The van der Waals surface area contributed by atoms with E-state index in [4.69, 9.17) is 11.6 Å². The van der Waals surface area contributed by atoms with Gasteiger partial charge in [0.15, 0.2) is 0 Å². The molecule has 7 heteroatoms. The first-order chi connectivity index (χ1) is 15.3. The number of hydrogen-bond donors (Lipinski definition) is 3. The fourth-order valence-electron chi connectivity index (χ4n) is 3.70. The number of rotatable bonds is 9. The Morgan fingerprint density at radius 1 is 1.03 bits per heavy atom. The second-order valence-electron chi connectivity index (χ2n) is 8.53. The van der Waals surface area contributed by atoms with Crippen LogP contribution < -0.4 is 10.6 Å². The number of carbonyl (C=O) groups is 2. The second kappa shape index (κ2) is 10.7. The molecule has 32 heavy (non-hydrogen) atoms. The quantitative estimate of drug-likeness (QED) is 0.458. The molecule has 170 valence electrons. The van der Waals surface area contributed by atoms with E-state index in [0.29, 0.717) is 18.0 Å². The number of para-hydroxylation sites is 1. The van der Waals surface area contributed by atoms with Crippen molar-refractivity contribution in [1.29, 1.82) is 0 Å². The molecule has 1 heterocycles. The molecule has 0 radical (unpaired) electrons. The van der Waals surface area contributed by atoms with Crippen LogP contribution in [0.1, 0.15) is 31.0 Å². The van der Waals surface area contributed by atoms with Crippen LogP contribution in [0.25, 0.3) is 10.9 Å². The summed E-state index contributed by atoms with van der Waals surface area (Å²) in [5.74, 6) is -0.589. The molecule has 2 unspecified atom stereocenters. The average molecular weight is 455 g/mol. The van der Waals surface area contributed by atoms with E-state index in [1.807, 2.05) is 87.6 Å². The lowest BCUT2D eigenvalue weighted by Gasteiger charge is -2.27. The minimum Gasteiger partial charge on any atom is -0.361 e. The highest BCUT2D eigenvalue weighted by Gasteiger charge is 2.25. The standard InChI is InChI=1S/C25H31ClN4O2/c1-16(2)24(31)29-22(13-17-14-27-21-12-8-6-9-18(17)21)25(32)28-15-23(30(3)4)19-10-5-7-11-20(19)26/h5-12,14,16,22-23,27H,13,15H2,1-4H3,(H,28,32)(H,29,31). The van der Waals surface area contributed by atoms with Gasteiger partial charge in [-0.3, -0.25) is 9.59 Å². The molecule has 3 aromatic rings. The number of benzene rings is 2. The molecule has 0 saturated heterocycles. The zero-order chi connectivity index (χ0) is 23.3. The van der Waals surface area contributed by atoms with Gasteiger partial charge >= 0.3 is 0 Å². The predicted octanol–water partition coefficient (Wildman–Crippen LogP) is 3.92. The van der Waals surface area contributed by atoms with E-state index in [0.717, 1.165) is 22.0 Å². The fourth-order valence-corrected chi connectivity index (χ4v) is 3.97. The molecule has 2 atom stereocenters. The largest absolute Gasteiger partial charge is 0.361 e. The number of amides is 2. The van der Waals surface area contributed by atoms with Crippen molar-refractivity contribution >= 4 is 34.3 Å². The summed E-state index contributed by atoms with van der Waals surface area (Å²) in [6.45, 7) is 4.00. The van der Waals surface area contributed by atoms with E-state index in [2.05, 4.69) is 15.6 Å². The van der Waals surface area contributed by atoms with Crippen molar-refractivity contribution in [2.24, 2.45) is 5.92 Å². The van der Waals surface area contributed by atoms with Gasteiger partial charge in [0, 0.05) is 41.0 Å². The molecule has 0 spiro atoms. The summed E-state index contributed by atoms with van der Waals surface area (Å²) in [6, 6.07) is 14.8. The zero-order valence-corrected chi connectivity index (χ0v) is 19.7. The second-order valence-corrected chi connectivity index (χ2v) is 8.93. The van der Waals surface area contributed by atoms with Crippen molar-refractivity contribution in [3.05, 3.63) is 70.9 Å². The minimum absolute atomic E-state index is 0.0952. The van der Waals surface area contributed by atoms with Crippen LogP contribution in [-0.2, 0) is 16.0 Å². The summed E-state index contributed by atoms with van der Waals surface area (Å²) in [7, 11) is 3.90. The van der Waals surface area contributed by atoms with Crippen LogP contribution >= 0.6 is 11.6 Å². The van der Waals surface area contributed by atoms with Crippen molar-refractivity contribution < 1.29 is 9.59 Å². The van der Waals surface area contributed by atoms with Gasteiger partial charge in [-0.1, -0.05) is 61.8 Å². The number of likely N-dealkylation sites (N-methyl/N-ethyl adjacent to an activating group) is 1. The van der Waals surface area contributed by atoms with E-state index in [1.165, 1.54) is 0 Å². The Morgan fingerprint density at radius 3 is 2.41 bits per heavy atom. The van der Waals surface area contributed by atoms with E-state index in [-0.39, 0.29) is 23.8 Å². The van der Waals surface area contributed by atoms with Gasteiger partial charge in [-0.15, -0.1) is 0 Å². The van der Waals surface area contributed by atoms with Gasteiger partial charge < -0.3 is 20.5 Å². The molecular weight excluding hydrogens is 424 g/mol. The van der Waals surface area contributed by atoms with Crippen molar-refractivity contribution in [1.82, 2.24) is 20.5 Å². The van der Waals surface area contributed by atoms with Crippen LogP contribution in [0.4, 0.5) is 0 Å². The topological polar surface area (TPSA) is 77.2 Å². The van der Waals surface area contributed by atoms with E-state index in [1.54, 1.807) is 0 Å². The van der Waals surface area contributed by atoms with Crippen molar-refractivity contribution in [2.75, 3.05) is 20.6 Å². The molecule has 0 aliphatic carbocycles. The lowest BCUT2D eigenvalue weighted by molar-refractivity contribution is -0.130. The molecule has 6 nitrogen and oxygen atoms in total. The van der Waals surface area contributed by atoms with Crippen molar-refractivity contribution in [2.45, 2.75) is 32.4 Å². The molecular formula is C25H31ClN4O2. The van der Waals surface area contributed by atoms with Crippen molar-refractivity contribution in [3.63, 3.8) is 0 Å². The number of aromatic nitrogens is 1. The fraction of sp³-hybridized carbons (Fsp3) is 0.360. The normalized spacial score (nSPS) is 13.3. The average Bonchev–Trinajstić information content (AvgIpc) is 3.17. The SMILES string of the molecule is CC(C)C(=O)NC(Cc1c[nH]c2ccccc12)C(=O)NCC(c1ccccc1Cl)N(C)C. The highest BCUT2D eigenvalue weighted by Crippen LogP contribution is 2.25. The number of aromatic amines is 1. The highest BCUT2D eigenvalue weighted by atomic mass is 35.5. The summed E-state index contributed by atoms with van der Waals surface area (Å²) < 4.78 is 0. The summed E-state index contributed by atoms with van der Waals surface area (Å²) >= 11 is 6.40. The predicted molar refractivity (Wildman–Crippen MR) is 130 cm³/mol. The van der Waals surface area contributed by atoms with Gasteiger partial charge in [-0.25, -0.2) is 0 Å². The summed E-state index contributed by atoms with van der Waals surface area (Å²) in [6.07, 6.45) is 2.30. The molecule has 1 aromatic heterocycles. The molecule has 3 rings (SSSR count). The summed E-state index contributed by atoms with van der Waals surface area (Å²) in [4.78, 5) is 30.9. The summed E-state index contributed by atoms with van der Waals surface area (Å²) in [5.41, 5.74) is 2.93. The third kappa shape index (κ3) is 5.69. The molecule has 3 N–H and O–H groups in total. The lowest BCUT2D eigenvalue weighted by atomic mass is 10.0. The first kappa shape index (κ1) is 23.8. The molecule has 0 aliphatic heterocycles. The maximum atomic E-state index is 13.2. The maximum Gasteiger partial charge on any atom is 0.242 e. The van der Waals surface area contributed by atoms with Crippen LogP contribution in [0, 0.1) is 5.92 Å². The van der Waals surface area contributed by atoms with E-state index in [9.17, 15) is 9.59 Å². The van der Waals surface area contributed by atoms with Crippen LogP contribution in [0.5, 0.6) is 0 Å². The van der Waals surface area contributed by atoms with Gasteiger partial charge in [0.1, 0.15) is 6.04 Å². The van der Waals surface area contributed by atoms with Gasteiger partial charge in [-0.05, 0) is 37.4 Å². The number of nitrogens with zero attached hydrogens (tertiary/aromatic N) is 1. The van der Waals surface area contributed by atoms with E-state index < -0.39 is 6.04 Å². The molecule has 0 bridgehead atoms. The van der Waals surface area contributed by atoms with Crippen LogP contribution in [-0.4, -0.2) is 48.4 Å². The third-order valence-corrected chi connectivity index (χ3v) is 5.96. The Morgan fingerprint density at radius 2 is 1.72 bits per heavy atom. The number of H-pyrrole nitrogens is 1. The summed E-state index contributed by atoms with van der Waals surface area (Å²) in [5, 5.41) is 7.65. The van der Waals surface area contributed by atoms with Gasteiger partial charge in [0.05, 0.1) is 6.04 Å².